The van der Waals surface area contributed by atoms with E-state index in [1.807, 2.05) is 42.5 Å². The number of hydrogen-bond donors (Lipinski definition) is 2. The maximum absolute atomic E-state index is 9.79. The summed E-state index contributed by atoms with van der Waals surface area (Å²) in [5, 5.41) is 9.79. The number of anilines is 2. The second-order valence-corrected chi connectivity index (χ2v) is 6.20. The van der Waals surface area contributed by atoms with Gasteiger partial charge in [-0.25, -0.2) is 0 Å². The van der Waals surface area contributed by atoms with E-state index in [-0.39, 0.29) is 0 Å². The van der Waals surface area contributed by atoms with Gasteiger partial charge >= 0.3 is 0 Å². The number of rotatable bonds is 5. The van der Waals surface area contributed by atoms with Gasteiger partial charge in [0.2, 0.25) is 0 Å². The maximum atomic E-state index is 9.79. The van der Waals surface area contributed by atoms with Crippen LogP contribution in [0.5, 0.6) is 5.75 Å². The van der Waals surface area contributed by atoms with Crippen LogP contribution in [0.15, 0.2) is 42.5 Å². The van der Waals surface area contributed by atoms with Crippen LogP contribution in [0.2, 0.25) is 0 Å². The third-order valence-electron chi connectivity index (χ3n) is 4.33. The van der Waals surface area contributed by atoms with E-state index in [4.69, 9.17) is 22.1 Å². The van der Waals surface area contributed by atoms with Crippen molar-refractivity contribution >= 4 is 46.8 Å². The number of thiol groups is 1. The average Bonchev–Trinajstić information content (AvgIpc) is 2.73. The van der Waals surface area contributed by atoms with E-state index in [2.05, 4.69) is 30.5 Å². The zero-order chi connectivity index (χ0) is 19.8. The molecule has 142 valence electrons. The third kappa shape index (κ3) is 4.71. The van der Waals surface area contributed by atoms with Gasteiger partial charge in [0.15, 0.2) is 0 Å². The van der Waals surface area contributed by atoms with Crippen LogP contribution in [-0.4, -0.2) is 31.8 Å². The summed E-state index contributed by atoms with van der Waals surface area (Å²) in [6.07, 6.45) is 1.69. The van der Waals surface area contributed by atoms with E-state index in [0.29, 0.717) is 30.3 Å². The Hall–Kier alpha value is -2.29. The molecule has 2 N–H and O–H groups in total. The minimum Gasteiger partial charge on any atom is -0.492 e. The molecule has 0 aromatic heterocycles. The summed E-state index contributed by atoms with van der Waals surface area (Å²) >= 11 is 9.23. The lowest BCUT2D eigenvalue weighted by molar-refractivity contribution is 0.343. The first-order valence-corrected chi connectivity index (χ1v) is 10.1. The van der Waals surface area contributed by atoms with Gasteiger partial charge in [-0.1, -0.05) is 12.1 Å². The highest BCUT2D eigenvalue weighted by atomic mass is 35.5. The zero-order valence-corrected chi connectivity index (χ0v) is 17.2. The Labute approximate surface area is 171 Å². The Morgan fingerprint density at radius 1 is 1.22 bits per heavy atom. The molecule has 0 saturated heterocycles. The molecule has 3 rings (SSSR count). The number of likely N-dealkylation sites (N-methyl/N-ethyl adjacent to an activating group) is 1. The molecule has 1 heterocycles. The smallest absolute Gasteiger partial charge is 0.121 e. The quantitative estimate of drug-likeness (QED) is 0.432. The van der Waals surface area contributed by atoms with Gasteiger partial charge in [0.1, 0.15) is 18.4 Å². The van der Waals surface area contributed by atoms with Crippen LogP contribution in [0.4, 0.5) is 11.4 Å². The molecule has 0 atom stereocenters. The van der Waals surface area contributed by atoms with Gasteiger partial charge in [0.05, 0.1) is 11.5 Å². The summed E-state index contributed by atoms with van der Waals surface area (Å²) in [6.45, 7) is 4.08. The van der Waals surface area contributed by atoms with E-state index in [1.165, 1.54) is 0 Å². The fourth-order valence-electron chi connectivity index (χ4n) is 3.08. The maximum Gasteiger partial charge on any atom is 0.121 e. The molecule has 4 nitrogen and oxygen atoms in total. The van der Waals surface area contributed by atoms with Crippen LogP contribution < -0.4 is 15.4 Å². The van der Waals surface area contributed by atoms with Crippen molar-refractivity contribution in [2.75, 3.05) is 42.5 Å². The molecule has 0 bridgehead atoms. The van der Waals surface area contributed by atoms with Crippen molar-refractivity contribution in [3.8, 4) is 11.8 Å². The second-order valence-electron chi connectivity index (χ2n) is 5.82. The molecule has 2 aromatic rings. The molecular weight excluding hydrogens is 378 g/mol. The van der Waals surface area contributed by atoms with Crippen LogP contribution in [0.25, 0.3) is 11.1 Å². The monoisotopic (exact) mass is 401 g/mol. The number of alkyl halides is 1. The van der Waals surface area contributed by atoms with Crippen molar-refractivity contribution in [3.63, 3.8) is 0 Å². The number of ether oxygens (including phenoxy) is 1. The van der Waals surface area contributed by atoms with Crippen LogP contribution in [-0.2, 0) is 0 Å². The summed E-state index contributed by atoms with van der Waals surface area (Å²) < 4.78 is 5.64. The predicted octanol–water partition coefficient (Wildman–Crippen LogP) is 4.71. The minimum atomic E-state index is 0.444. The molecule has 1 aliphatic heterocycles. The number of halogens is 1. The second kappa shape index (κ2) is 10.1. The molecule has 0 radical (unpaired) electrons. The largest absolute Gasteiger partial charge is 0.492 e. The molecule has 1 aliphatic rings. The van der Waals surface area contributed by atoms with Crippen molar-refractivity contribution in [1.82, 2.24) is 0 Å². The average molecular weight is 402 g/mol. The van der Waals surface area contributed by atoms with Gasteiger partial charge in [-0.15, -0.1) is 11.6 Å². The standard InChI is InChI=1S/C20H20ClN3O.CH4S/c1-2-24-13-19(14-3-5-15(23)6-4-14)18(12-22)17-8-7-16(11-20(17)24)25-10-9-21;1-2/h3-8,11H,2,9-10,13,23H2,1H3;2H,1H3. The van der Waals surface area contributed by atoms with E-state index >= 15 is 0 Å². The molecular formula is C21H24ClN3OS. The summed E-state index contributed by atoms with van der Waals surface area (Å²) in [7, 11) is 0. The van der Waals surface area contributed by atoms with Gasteiger partial charge in [-0.3, -0.25) is 0 Å². The highest BCUT2D eigenvalue weighted by Crippen LogP contribution is 2.40. The highest BCUT2D eigenvalue weighted by molar-refractivity contribution is 7.79. The molecule has 0 amide bonds. The molecule has 0 saturated carbocycles. The third-order valence-corrected chi connectivity index (χ3v) is 4.48. The van der Waals surface area contributed by atoms with Gasteiger partial charge in [-0.2, -0.15) is 17.9 Å². The Balaban J connectivity index is 0.00000126. The molecule has 0 aliphatic carbocycles. The van der Waals surface area contributed by atoms with Crippen molar-refractivity contribution in [3.05, 3.63) is 53.6 Å². The molecule has 0 unspecified atom stereocenters. The molecule has 0 fully saturated rings. The first-order valence-electron chi connectivity index (χ1n) is 8.70. The summed E-state index contributed by atoms with van der Waals surface area (Å²) in [5.74, 6) is 1.21. The lowest BCUT2D eigenvalue weighted by Crippen LogP contribution is -2.29. The number of nitriles is 1. The molecule has 2 aromatic carbocycles. The predicted molar refractivity (Wildman–Crippen MR) is 119 cm³/mol. The topological polar surface area (TPSA) is 62.3 Å². The number of nitrogen functional groups attached to an aromatic ring is 1. The number of hydrogen-bond acceptors (Lipinski definition) is 5. The van der Waals surface area contributed by atoms with Crippen molar-refractivity contribution in [2.24, 2.45) is 0 Å². The van der Waals surface area contributed by atoms with E-state index in [1.54, 1.807) is 6.26 Å². The summed E-state index contributed by atoms with van der Waals surface area (Å²) in [5.41, 5.74) is 11.2. The fourth-order valence-corrected chi connectivity index (χ4v) is 3.16. The van der Waals surface area contributed by atoms with E-state index < -0.39 is 0 Å². The van der Waals surface area contributed by atoms with Gasteiger partial charge in [0.25, 0.3) is 0 Å². The van der Waals surface area contributed by atoms with Crippen molar-refractivity contribution in [1.29, 1.82) is 5.26 Å². The number of allylic oxidation sites excluding steroid dienone is 1. The van der Waals surface area contributed by atoms with Crippen LogP contribution >= 0.6 is 24.2 Å². The van der Waals surface area contributed by atoms with Crippen LogP contribution in [0.1, 0.15) is 18.1 Å². The summed E-state index contributed by atoms with van der Waals surface area (Å²) in [4.78, 5) is 2.25. The Bertz CT molecular complexity index is 843. The number of fused-ring (bicyclic) bond motifs is 1. The Kier molecular flexibility index (Phi) is 7.90. The Morgan fingerprint density at radius 3 is 2.52 bits per heavy atom. The van der Waals surface area contributed by atoms with Gasteiger partial charge in [0, 0.05) is 36.1 Å². The zero-order valence-electron chi connectivity index (χ0n) is 15.6. The lowest BCUT2D eigenvalue weighted by atomic mass is 9.90. The SMILES string of the molecule is CCN1CC(c2ccc(N)cc2)=C(C#N)c2ccc(OCCCl)cc21.CS. The minimum absolute atomic E-state index is 0.444. The molecule has 0 spiro atoms. The number of benzene rings is 2. The molecule has 27 heavy (non-hydrogen) atoms. The normalized spacial score (nSPS) is 12.6. The highest BCUT2D eigenvalue weighted by Gasteiger charge is 2.25. The van der Waals surface area contributed by atoms with Crippen molar-refractivity contribution in [2.45, 2.75) is 6.92 Å². The van der Waals surface area contributed by atoms with E-state index in [9.17, 15) is 5.26 Å². The first-order chi connectivity index (χ1) is 13.2. The number of nitrogens with two attached hydrogens (primary N) is 1. The van der Waals surface area contributed by atoms with Crippen LogP contribution in [0, 0.1) is 11.3 Å². The first kappa shape index (κ1) is 21.0. The van der Waals surface area contributed by atoms with Crippen molar-refractivity contribution < 1.29 is 4.74 Å². The number of nitrogens with zero attached hydrogens (tertiary/aromatic N) is 2. The van der Waals surface area contributed by atoms with Gasteiger partial charge in [-0.05, 0) is 48.6 Å². The lowest BCUT2D eigenvalue weighted by Gasteiger charge is -2.32. The Morgan fingerprint density at radius 2 is 1.93 bits per heavy atom. The van der Waals surface area contributed by atoms with Gasteiger partial charge < -0.3 is 15.4 Å². The van der Waals surface area contributed by atoms with Crippen LogP contribution in [0.3, 0.4) is 0 Å². The van der Waals surface area contributed by atoms with E-state index in [0.717, 1.165) is 34.7 Å². The fraction of sp³-hybridized carbons (Fsp3) is 0.286. The summed E-state index contributed by atoms with van der Waals surface area (Å²) in [6, 6.07) is 15.9. The molecule has 6 heteroatoms.